The fraction of sp³-hybridized carbons (Fsp3) is 0.529. The maximum Gasteiger partial charge on any atom is 0.248 e. The van der Waals surface area contributed by atoms with E-state index in [4.69, 9.17) is 4.74 Å². The monoisotopic (exact) mass is 382 g/mol. The molecule has 2 heterocycles. The van der Waals surface area contributed by atoms with Gasteiger partial charge in [-0.25, -0.2) is 8.42 Å². The zero-order valence-electron chi connectivity index (χ0n) is 14.5. The van der Waals surface area contributed by atoms with Crippen LogP contribution >= 0.6 is 11.8 Å². The molecule has 1 aromatic carbocycles. The van der Waals surface area contributed by atoms with Crippen LogP contribution in [0.2, 0.25) is 0 Å². The molecule has 8 heteroatoms. The number of benzene rings is 1. The third kappa shape index (κ3) is 3.84. The van der Waals surface area contributed by atoms with E-state index >= 15 is 0 Å². The van der Waals surface area contributed by atoms with E-state index in [0.29, 0.717) is 17.3 Å². The van der Waals surface area contributed by atoms with Crippen molar-refractivity contribution in [2.45, 2.75) is 31.6 Å². The largest absolute Gasteiger partial charge is 0.495 e. The summed E-state index contributed by atoms with van der Waals surface area (Å²) >= 11 is 1.38. The van der Waals surface area contributed by atoms with Crippen molar-refractivity contribution in [3.63, 3.8) is 0 Å². The van der Waals surface area contributed by atoms with Crippen molar-refractivity contribution >= 4 is 38.4 Å². The molecule has 0 N–H and O–H groups in total. The van der Waals surface area contributed by atoms with Crippen LogP contribution in [0.15, 0.2) is 29.3 Å². The Balaban J connectivity index is 2.01. The number of hydrogen-bond acceptors (Lipinski definition) is 5. The van der Waals surface area contributed by atoms with Crippen LogP contribution in [0, 0.1) is 5.92 Å². The van der Waals surface area contributed by atoms with Crippen LogP contribution in [-0.2, 0) is 14.6 Å². The summed E-state index contributed by atoms with van der Waals surface area (Å²) in [5, 5.41) is 0.459. The third-order valence-electron chi connectivity index (χ3n) is 4.21. The van der Waals surface area contributed by atoms with Gasteiger partial charge < -0.3 is 9.64 Å². The first-order valence-electron chi connectivity index (χ1n) is 8.21. The number of methoxy groups -OCH3 is 1. The Morgan fingerprint density at radius 2 is 2.08 bits per heavy atom. The summed E-state index contributed by atoms with van der Waals surface area (Å²) in [6.45, 7) is 3.94. The van der Waals surface area contributed by atoms with Crippen LogP contribution < -0.4 is 9.64 Å². The second-order valence-electron chi connectivity index (χ2n) is 6.73. The lowest BCUT2D eigenvalue weighted by molar-refractivity contribution is -0.118. The van der Waals surface area contributed by atoms with E-state index < -0.39 is 9.84 Å². The molecule has 0 spiro atoms. The summed E-state index contributed by atoms with van der Waals surface area (Å²) in [5.41, 5.74) is 0.748. The van der Waals surface area contributed by atoms with E-state index in [2.05, 4.69) is 4.99 Å². The third-order valence-corrected chi connectivity index (χ3v) is 7.42. The highest BCUT2D eigenvalue weighted by atomic mass is 32.2. The van der Waals surface area contributed by atoms with E-state index in [9.17, 15) is 13.2 Å². The standard InChI is InChI=1S/C17H22N2O4S2/c1-11(2)8-16(20)18-17-19(12-6-4-5-7-14(12)23-3)13-9-25(21,22)10-15(13)24-17/h4-7,11,13,15H,8-10H2,1-3H3/t13-,15-/m0/s1. The van der Waals surface area contributed by atoms with Crippen molar-refractivity contribution in [3.8, 4) is 5.75 Å². The summed E-state index contributed by atoms with van der Waals surface area (Å²) in [4.78, 5) is 18.4. The van der Waals surface area contributed by atoms with Gasteiger partial charge in [0.15, 0.2) is 15.0 Å². The highest BCUT2D eigenvalue weighted by Gasteiger charge is 2.49. The Labute approximate surface area is 152 Å². The number of aliphatic imine (C=N–C) groups is 1. The zero-order chi connectivity index (χ0) is 18.2. The molecule has 6 nitrogen and oxygen atoms in total. The predicted octanol–water partition coefficient (Wildman–Crippen LogP) is 2.34. The van der Waals surface area contributed by atoms with Crippen LogP contribution in [0.4, 0.5) is 5.69 Å². The molecule has 2 atom stereocenters. The topological polar surface area (TPSA) is 76.0 Å². The van der Waals surface area contributed by atoms with Crippen molar-refractivity contribution < 1.29 is 17.9 Å². The first-order valence-corrected chi connectivity index (χ1v) is 10.9. The van der Waals surface area contributed by atoms with Crippen LogP contribution in [-0.4, -0.2) is 49.4 Å². The molecule has 0 aliphatic carbocycles. The van der Waals surface area contributed by atoms with Crippen molar-refractivity contribution in [2.75, 3.05) is 23.5 Å². The summed E-state index contributed by atoms with van der Waals surface area (Å²) < 4.78 is 29.6. The van der Waals surface area contributed by atoms with Crippen LogP contribution in [0.1, 0.15) is 20.3 Å². The molecular weight excluding hydrogens is 360 g/mol. The normalized spacial score (nSPS) is 26.2. The van der Waals surface area contributed by atoms with E-state index in [1.54, 1.807) is 7.11 Å². The minimum atomic E-state index is -3.08. The number of fused-ring (bicyclic) bond motifs is 1. The smallest absolute Gasteiger partial charge is 0.248 e. The minimum absolute atomic E-state index is 0.0695. The van der Waals surface area contributed by atoms with Gasteiger partial charge in [0.1, 0.15) is 5.75 Å². The average molecular weight is 383 g/mol. The van der Waals surface area contributed by atoms with Crippen molar-refractivity contribution in [3.05, 3.63) is 24.3 Å². The number of rotatable bonds is 4. The van der Waals surface area contributed by atoms with Gasteiger partial charge in [-0.1, -0.05) is 37.7 Å². The number of ether oxygens (including phenoxy) is 1. The first-order chi connectivity index (χ1) is 11.8. The molecule has 2 aliphatic heterocycles. The fourth-order valence-corrected chi connectivity index (χ4v) is 7.10. The van der Waals surface area contributed by atoms with E-state index in [-0.39, 0.29) is 34.6 Å². The van der Waals surface area contributed by atoms with Crippen molar-refractivity contribution in [2.24, 2.45) is 10.9 Å². The number of thioether (sulfide) groups is 1. The number of anilines is 1. The molecule has 0 bridgehead atoms. The van der Waals surface area contributed by atoms with Gasteiger partial charge in [0, 0.05) is 11.7 Å². The fourth-order valence-electron chi connectivity index (χ4n) is 3.18. The highest BCUT2D eigenvalue weighted by Crippen LogP contribution is 2.43. The summed E-state index contributed by atoms with van der Waals surface area (Å²) in [7, 11) is -1.51. The quantitative estimate of drug-likeness (QED) is 0.796. The minimum Gasteiger partial charge on any atom is -0.495 e. The molecular formula is C17H22N2O4S2. The average Bonchev–Trinajstić information content (AvgIpc) is 2.97. The molecule has 1 amide bonds. The molecule has 136 valence electrons. The van der Waals surface area contributed by atoms with E-state index in [1.165, 1.54) is 11.8 Å². The Bertz CT molecular complexity index is 805. The molecule has 0 radical (unpaired) electrons. The number of amidine groups is 1. The Hall–Kier alpha value is -1.54. The van der Waals surface area contributed by atoms with Crippen LogP contribution in [0.3, 0.4) is 0 Å². The Morgan fingerprint density at radius 1 is 1.36 bits per heavy atom. The Morgan fingerprint density at radius 3 is 2.76 bits per heavy atom. The second kappa shape index (κ2) is 6.99. The van der Waals surface area contributed by atoms with Gasteiger partial charge >= 0.3 is 0 Å². The SMILES string of the molecule is COc1ccccc1N1C(=NC(=O)CC(C)C)S[C@H]2CS(=O)(=O)C[C@@H]21. The van der Waals surface area contributed by atoms with Crippen molar-refractivity contribution in [1.29, 1.82) is 0 Å². The molecule has 2 aliphatic rings. The number of hydrogen-bond donors (Lipinski definition) is 0. The second-order valence-corrected chi connectivity index (χ2v) is 10.1. The maximum absolute atomic E-state index is 12.2. The molecule has 0 unspecified atom stereocenters. The van der Waals surface area contributed by atoms with Gasteiger partial charge in [0.25, 0.3) is 0 Å². The molecule has 1 aromatic rings. The summed E-state index contributed by atoms with van der Waals surface area (Å²) in [5.74, 6) is 0.867. The van der Waals surface area contributed by atoms with Crippen LogP contribution in [0.25, 0.3) is 0 Å². The van der Waals surface area contributed by atoms with Gasteiger partial charge in [0.05, 0.1) is 30.3 Å². The van der Waals surface area contributed by atoms with E-state index in [1.807, 2.05) is 43.0 Å². The van der Waals surface area contributed by atoms with E-state index in [0.717, 1.165) is 5.69 Å². The number of sulfone groups is 1. The van der Waals surface area contributed by atoms with Crippen molar-refractivity contribution in [1.82, 2.24) is 0 Å². The lowest BCUT2D eigenvalue weighted by atomic mass is 10.1. The van der Waals surface area contributed by atoms with Gasteiger partial charge in [-0.15, -0.1) is 0 Å². The summed E-state index contributed by atoms with van der Waals surface area (Å²) in [6.07, 6.45) is 0.372. The van der Waals surface area contributed by atoms with Crippen LogP contribution in [0.5, 0.6) is 5.75 Å². The van der Waals surface area contributed by atoms with Gasteiger partial charge in [-0.3, -0.25) is 4.79 Å². The molecule has 0 aromatic heterocycles. The molecule has 25 heavy (non-hydrogen) atoms. The zero-order valence-corrected chi connectivity index (χ0v) is 16.1. The number of carbonyl (C=O) groups is 1. The number of nitrogens with zero attached hydrogens (tertiary/aromatic N) is 2. The predicted molar refractivity (Wildman–Crippen MR) is 101 cm³/mol. The molecule has 3 rings (SSSR count). The highest BCUT2D eigenvalue weighted by molar-refractivity contribution is 8.16. The summed E-state index contributed by atoms with van der Waals surface area (Å²) in [6, 6.07) is 7.19. The lowest BCUT2D eigenvalue weighted by Crippen LogP contribution is -2.38. The molecule has 0 saturated carbocycles. The maximum atomic E-state index is 12.2. The van der Waals surface area contributed by atoms with Gasteiger partial charge in [0.2, 0.25) is 5.91 Å². The van der Waals surface area contributed by atoms with Gasteiger partial charge in [-0.2, -0.15) is 4.99 Å². The lowest BCUT2D eigenvalue weighted by Gasteiger charge is -2.26. The number of para-hydroxylation sites is 2. The molecule has 2 saturated heterocycles. The Kier molecular flexibility index (Phi) is 5.11. The first kappa shape index (κ1) is 18.3. The van der Waals surface area contributed by atoms with Gasteiger partial charge in [-0.05, 0) is 18.1 Å². The number of carbonyl (C=O) groups excluding carboxylic acids is 1. The number of amides is 1. The molecule has 2 fully saturated rings.